The number of aliphatic carboxylic acids is 1. The van der Waals surface area contributed by atoms with Crippen molar-refractivity contribution in [1.82, 2.24) is 0 Å². The van der Waals surface area contributed by atoms with Gasteiger partial charge in [-0.2, -0.15) is 0 Å². The Hall–Kier alpha value is -0.650. The van der Waals surface area contributed by atoms with Gasteiger partial charge in [-0.15, -0.1) is 0 Å². The standard InChI is InChI=1S/C22H42O5/c1-4-5-6-7-8-12-17(23)21-16(18(24)14-19(21)25)11-9-10-13-22(2,3)15-20(26)27/h16-19,21,23-25H,4-15H2,1-3H3,(H,26,27). The van der Waals surface area contributed by atoms with Gasteiger partial charge in [-0.1, -0.05) is 65.7 Å². The molecule has 1 saturated carbocycles. The van der Waals surface area contributed by atoms with Crippen molar-refractivity contribution in [2.45, 2.75) is 116 Å². The quantitative estimate of drug-likeness (QED) is 0.337. The normalized spacial score (nSPS) is 27.0. The summed E-state index contributed by atoms with van der Waals surface area (Å²) >= 11 is 0. The van der Waals surface area contributed by atoms with E-state index in [2.05, 4.69) is 6.92 Å². The molecule has 0 amide bonds. The maximum absolute atomic E-state index is 10.9. The average Bonchev–Trinajstić information content (AvgIpc) is 2.83. The number of hydrogen-bond acceptors (Lipinski definition) is 4. The van der Waals surface area contributed by atoms with Crippen LogP contribution in [0, 0.1) is 17.3 Å². The second kappa shape index (κ2) is 12.0. The van der Waals surface area contributed by atoms with Crippen LogP contribution in [0.2, 0.25) is 0 Å². The Morgan fingerprint density at radius 3 is 2.33 bits per heavy atom. The largest absolute Gasteiger partial charge is 0.481 e. The van der Waals surface area contributed by atoms with Gasteiger partial charge in [0.25, 0.3) is 0 Å². The third-order valence-corrected chi connectivity index (χ3v) is 6.23. The lowest BCUT2D eigenvalue weighted by atomic mass is 9.80. The summed E-state index contributed by atoms with van der Waals surface area (Å²) in [5, 5.41) is 40.3. The van der Waals surface area contributed by atoms with Crippen molar-refractivity contribution in [2.75, 3.05) is 0 Å². The first-order valence-electron chi connectivity index (χ1n) is 10.9. The van der Waals surface area contributed by atoms with Gasteiger partial charge in [0.2, 0.25) is 0 Å². The summed E-state index contributed by atoms with van der Waals surface area (Å²) in [6.07, 6.45) is 8.57. The van der Waals surface area contributed by atoms with E-state index in [0.717, 1.165) is 38.5 Å². The van der Waals surface area contributed by atoms with Crippen LogP contribution in [0.1, 0.15) is 97.8 Å². The molecule has 0 saturated heterocycles. The lowest BCUT2D eigenvalue weighted by molar-refractivity contribution is -0.139. The molecule has 0 heterocycles. The Kier molecular flexibility index (Phi) is 10.9. The number of aliphatic hydroxyl groups is 3. The molecule has 5 unspecified atom stereocenters. The lowest BCUT2D eigenvalue weighted by Crippen LogP contribution is -2.33. The molecule has 5 heteroatoms. The van der Waals surface area contributed by atoms with Crippen molar-refractivity contribution in [1.29, 1.82) is 0 Å². The molecule has 1 aliphatic carbocycles. The van der Waals surface area contributed by atoms with Crippen LogP contribution in [0.4, 0.5) is 0 Å². The summed E-state index contributed by atoms with van der Waals surface area (Å²) in [6.45, 7) is 6.12. The van der Waals surface area contributed by atoms with E-state index in [1.165, 1.54) is 19.3 Å². The monoisotopic (exact) mass is 386 g/mol. The molecule has 0 aliphatic heterocycles. The van der Waals surface area contributed by atoms with Crippen LogP contribution in [0.25, 0.3) is 0 Å². The van der Waals surface area contributed by atoms with E-state index in [1.807, 2.05) is 13.8 Å². The highest BCUT2D eigenvalue weighted by molar-refractivity contribution is 5.67. The number of carbonyl (C=O) groups is 1. The Labute approximate surface area is 165 Å². The first-order valence-corrected chi connectivity index (χ1v) is 10.9. The second-order valence-corrected chi connectivity index (χ2v) is 9.36. The van der Waals surface area contributed by atoms with Gasteiger partial charge in [0.15, 0.2) is 0 Å². The van der Waals surface area contributed by atoms with Gasteiger partial charge in [-0.25, -0.2) is 0 Å². The summed E-state index contributed by atoms with van der Waals surface area (Å²) in [7, 11) is 0. The third-order valence-electron chi connectivity index (χ3n) is 6.23. The number of aliphatic hydroxyl groups excluding tert-OH is 3. The summed E-state index contributed by atoms with van der Waals surface area (Å²) in [4.78, 5) is 10.9. The number of rotatable bonds is 14. The Balaban J connectivity index is 2.43. The molecule has 160 valence electrons. The molecule has 0 radical (unpaired) electrons. The summed E-state index contributed by atoms with van der Waals surface area (Å²) in [5.41, 5.74) is -0.225. The van der Waals surface area contributed by atoms with E-state index in [0.29, 0.717) is 12.8 Å². The molecule has 1 rings (SSSR count). The Bertz CT molecular complexity index is 423. The van der Waals surface area contributed by atoms with E-state index in [-0.39, 0.29) is 23.7 Å². The highest BCUT2D eigenvalue weighted by Gasteiger charge is 2.44. The van der Waals surface area contributed by atoms with E-state index < -0.39 is 24.3 Å². The fourth-order valence-corrected chi connectivity index (χ4v) is 4.68. The van der Waals surface area contributed by atoms with Crippen LogP contribution in [0.15, 0.2) is 0 Å². The summed E-state index contributed by atoms with van der Waals surface area (Å²) in [5.74, 6) is -1.07. The lowest BCUT2D eigenvalue weighted by Gasteiger charge is -2.29. The van der Waals surface area contributed by atoms with Gasteiger partial charge in [-0.3, -0.25) is 4.79 Å². The van der Waals surface area contributed by atoms with Crippen molar-refractivity contribution in [3.05, 3.63) is 0 Å². The molecule has 0 aromatic rings. The zero-order chi connectivity index (χ0) is 20.4. The smallest absolute Gasteiger partial charge is 0.303 e. The average molecular weight is 387 g/mol. The predicted octanol–water partition coefficient (Wildman–Crippen LogP) is 4.13. The van der Waals surface area contributed by atoms with Crippen LogP contribution in [-0.2, 0) is 4.79 Å². The predicted molar refractivity (Wildman–Crippen MR) is 107 cm³/mol. The fraction of sp³-hybridized carbons (Fsp3) is 0.955. The second-order valence-electron chi connectivity index (χ2n) is 9.36. The molecule has 4 N–H and O–H groups in total. The molecule has 0 aromatic heterocycles. The van der Waals surface area contributed by atoms with Crippen LogP contribution in [0.3, 0.4) is 0 Å². The molecule has 27 heavy (non-hydrogen) atoms. The minimum Gasteiger partial charge on any atom is -0.481 e. The number of carboxylic acids is 1. The summed E-state index contributed by atoms with van der Waals surface area (Å²) < 4.78 is 0. The van der Waals surface area contributed by atoms with E-state index >= 15 is 0 Å². The van der Waals surface area contributed by atoms with E-state index in [4.69, 9.17) is 5.11 Å². The van der Waals surface area contributed by atoms with Crippen molar-refractivity contribution < 1.29 is 25.2 Å². The van der Waals surface area contributed by atoms with Gasteiger partial charge in [0.1, 0.15) is 0 Å². The fourth-order valence-electron chi connectivity index (χ4n) is 4.68. The molecular formula is C22H42O5. The number of unbranched alkanes of at least 4 members (excludes halogenated alkanes) is 5. The SMILES string of the molecule is CCCCCCCC(O)C1C(O)CC(O)C1CCCCC(C)(C)CC(=O)O. The zero-order valence-electron chi connectivity index (χ0n) is 17.6. The van der Waals surface area contributed by atoms with Crippen molar-refractivity contribution in [3.63, 3.8) is 0 Å². The van der Waals surface area contributed by atoms with Gasteiger partial charge in [-0.05, 0) is 37.0 Å². The molecule has 1 aliphatic rings. The molecular weight excluding hydrogens is 344 g/mol. The maximum atomic E-state index is 10.9. The zero-order valence-corrected chi connectivity index (χ0v) is 17.6. The van der Waals surface area contributed by atoms with Crippen LogP contribution in [-0.4, -0.2) is 44.7 Å². The van der Waals surface area contributed by atoms with E-state index in [9.17, 15) is 20.1 Å². The highest BCUT2D eigenvalue weighted by atomic mass is 16.4. The summed E-state index contributed by atoms with van der Waals surface area (Å²) in [6, 6.07) is 0. The topological polar surface area (TPSA) is 98.0 Å². The molecule has 0 spiro atoms. The molecule has 0 aromatic carbocycles. The van der Waals surface area contributed by atoms with Gasteiger partial charge in [0.05, 0.1) is 24.7 Å². The Morgan fingerprint density at radius 2 is 1.70 bits per heavy atom. The molecule has 0 bridgehead atoms. The number of carboxylic acid groups (broad SMARTS) is 1. The van der Waals surface area contributed by atoms with Crippen LogP contribution < -0.4 is 0 Å². The highest BCUT2D eigenvalue weighted by Crippen LogP contribution is 2.40. The van der Waals surface area contributed by atoms with Crippen LogP contribution in [0.5, 0.6) is 0 Å². The minimum absolute atomic E-state index is 0.0618. The van der Waals surface area contributed by atoms with Gasteiger partial charge < -0.3 is 20.4 Å². The molecule has 5 atom stereocenters. The first kappa shape index (κ1) is 24.4. The maximum Gasteiger partial charge on any atom is 0.303 e. The third kappa shape index (κ3) is 8.93. The first-order chi connectivity index (χ1) is 12.7. The number of hydrogen-bond donors (Lipinski definition) is 4. The van der Waals surface area contributed by atoms with Gasteiger partial charge in [0, 0.05) is 5.92 Å². The van der Waals surface area contributed by atoms with Crippen LogP contribution >= 0.6 is 0 Å². The van der Waals surface area contributed by atoms with E-state index in [1.54, 1.807) is 0 Å². The van der Waals surface area contributed by atoms with Crippen molar-refractivity contribution in [2.24, 2.45) is 17.3 Å². The Morgan fingerprint density at radius 1 is 1.04 bits per heavy atom. The molecule has 1 fully saturated rings. The minimum atomic E-state index is -0.767. The van der Waals surface area contributed by atoms with Crippen molar-refractivity contribution in [3.8, 4) is 0 Å². The molecule has 5 nitrogen and oxygen atoms in total. The van der Waals surface area contributed by atoms with Gasteiger partial charge >= 0.3 is 5.97 Å². The van der Waals surface area contributed by atoms with Crippen molar-refractivity contribution >= 4 is 5.97 Å².